The van der Waals surface area contributed by atoms with Gasteiger partial charge < -0.3 is 14.5 Å². The molecule has 5 aromatic carbocycles. The molecule has 4 nitrogen and oxygen atoms in total. The predicted molar refractivity (Wildman–Crippen MR) is 152 cm³/mol. The Morgan fingerprint density at radius 3 is 1.11 bits per heavy atom. The van der Waals surface area contributed by atoms with Crippen LogP contribution < -0.4 is 14.5 Å². The van der Waals surface area contributed by atoms with E-state index in [1.165, 1.54) is 0 Å². The van der Waals surface area contributed by atoms with Gasteiger partial charge in [-0.3, -0.25) is 0 Å². The fourth-order valence-electron chi connectivity index (χ4n) is 4.20. The Balaban J connectivity index is 1.52. The molecule has 0 aliphatic rings. The number of ether oxygens (including phenoxy) is 1. The number of carbonyl (C=O) groups is 1. The molecule has 0 aliphatic carbocycles. The van der Waals surface area contributed by atoms with Crippen LogP contribution in [0.25, 0.3) is 0 Å². The van der Waals surface area contributed by atoms with Crippen LogP contribution in [0, 0.1) is 0 Å². The average molecular weight is 483 g/mol. The van der Waals surface area contributed by atoms with Crippen molar-refractivity contribution in [1.29, 1.82) is 0 Å². The molecule has 0 saturated heterocycles. The van der Waals surface area contributed by atoms with Crippen molar-refractivity contribution in [3.63, 3.8) is 0 Å². The van der Waals surface area contributed by atoms with Crippen LogP contribution in [0.15, 0.2) is 152 Å². The van der Waals surface area contributed by atoms with Gasteiger partial charge in [-0.2, -0.15) is 0 Å². The Morgan fingerprint density at radius 1 is 0.486 bits per heavy atom. The van der Waals surface area contributed by atoms with Gasteiger partial charge >= 0.3 is 5.97 Å². The number of carbonyl (C=O) groups excluding carboxylic acids is 1. The zero-order valence-corrected chi connectivity index (χ0v) is 20.3. The Kier molecular flexibility index (Phi) is 7.09. The van der Waals surface area contributed by atoms with Gasteiger partial charge in [-0.05, 0) is 84.9 Å². The molecule has 0 amide bonds. The number of nitrogens with zero attached hydrogens (tertiary/aromatic N) is 2. The molecule has 0 N–H and O–H groups in total. The molecule has 0 radical (unpaired) electrons. The fourth-order valence-corrected chi connectivity index (χ4v) is 4.20. The van der Waals surface area contributed by atoms with Crippen molar-refractivity contribution < 1.29 is 9.53 Å². The summed E-state index contributed by atoms with van der Waals surface area (Å²) in [6, 6.07) is 46.8. The van der Waals surface area contributed by atoms with Crippen molar-refractivity contribution in [2.24, 2.45) is 0 Å². The maximum absolute atomic E-state index is 11.6. The van der Waals surface area contributed by atoms with E-state index in [0.717, 1.165) is 40.2 Å². The van der Waals surface area contributed by atoms with Gasteiger partial charge in [0.1, 0.15) is 5.75 Å². The van der Waals surface area contributed by atoms with E-state index in [0.29, 0.717) is 5.75 Å². The highest BCUT2D eigenvalue weighted by molar-refractivity contribution is 5.84. The van der Waals surface area contributed by atoms with Crippen LogP contribution in [0.1, 0.15) is 0 Å². The zero-order valence-electron chi connectivity index (χ0n) is 20.3. The molecule has 0 fully saturated rings. The van der Waals surface area contributed by atoms with E-state index in [9.17, 15) is 4.79 Å². The van der Waals surface area contributed by atoms with Crippen LogP contribution in [-0.2, 0) is 4.79 Å². The molecule has 0 aliphatic heterocycles. The maximum atomic E-state index is 11.6. The Bertz CT molecular complexity index is 1410. The summed E-state index contributed by atoms with van der Waals surface area (Å²) in [5.74, 6) is -0.0111. The number of hydrogen-bond donors (Lipinski definition) is 0. The highest BCUT2D eigenvalue weighted by atomic mass is 16.5. The van der Waals surface area contributed by atoms with Crippen molar-refractivity contribution in [2.45, 2.75) is 0 Å². The highest BCUT2D eigenvalue weighted by Gasteiger charge is 2.15. The first-order chi connectivity index (χ1) is 18.2. The standard InChI is InChI=1S/C33H26N2O2/c1-2-33(36)37-32-24-22-31(23-25-32)35(28-16-10-5-11-17-28)30-20-18-29(19-21-30)34(26-12-6-3-7-13-26)27-14-8-4-9-15-27/h2-25H,1H2. The lowest BCUT2D eigenvalue weighted by atomic mass is 10.1. The Labute approximate surface area is 217 Å². The summed E-state index contributed by atoms with van der Waals surface area (Å²) in [7, 11) is 0. The van der Waals surface area contributed by atoms with E-state index in [-0.39, 0.29) is 0 Å². The SMILES string of the molecule is C=CC(=O)Oc1ccc(N(c2ccccc2)c2ccc(N(c3ccccc3)c3ccccc3)cc2)cc1. The van der Waals surface area contributed by atoms with Gasteiger partial charge in [0.25, 0.3) is 0 Å². The molecular formula is C33H26N2O2. The Hall–Kier alpha value is -5.09. The van der Waals surface area contributed by atoms with E-state index >= 15 is 0 Å². The van der Waals surface area contributed by atoms with Crippen LogP contribution in [-0.4, -0.2) is 5.97 Å². The normalized spacial score (nSPS) is 10.4. The van der Waals surface area contributed by atoms with Crippen molar-refractivity contribution in [3.05, 3.63) is 152 Å². The number of anilines is 6. The summed E-state index contributed by atoms with van der Waals surface area (Å²) >= 11 is 0. The summed E-state index contributed by atoms with van der Waals surface area (Å²) in [5.41, 5.74) is 6.21. The number of esters is 1. The summed E-state index contributed by atoms with van der Waals surface area (Å²) < 4.78 is 5.25. The number of benzene rings is 5. The minimum atomic E-state index is -0.482. The first kappa shape index (κ1) is 23.6. The van der Waals surface area contributed by atoms with E-state index < -0.39 is 5.97 Å². The molecule has 180 valence electrons. The van der Waals surface area contributed by atoms with Crippen LogP contribution in [0.3, 0.4) is 0 Å². The topological polar surface area (TPSA) is 32.8 Å². The zero-order chi connectivity index (χ0) is 25.5. The minimum absolute atomic E-state index is 0.471. The van der Waals surface area contributed by atoms with Crippen molar-refractivity contribution in [3.8, 4) is 5.75 Å². The first-order valence-corrected chi connectivity index (χ1v) is 12.0. The molecule has 0 aromatic heterocycles. The quantitative estimate of drug-likeness (QED) is 0.126. The maximum Gasteiger partial charge on any atom is 0.335 e. The highest BCUT2D eigenvalue weighted by Crippen LogP contribution is 2.39. The average Bonchev–Trinajstić information content (AvgIpc) is 2.97. The van der Waals surface area contributed by atoms with Crippen molar-refractivity contribution >= 4 is 40.1 Å². The molecule has 0 bridgehead atoms. The third kappa shape index (κ3) is 5.44. The lowest BCUT2D eigenvalue weighted by molar-refractivity contribution is -0.128. The van der Waals surface area contributed by atoms with Crippen LogP contribution in [0.4, 0.5) is 34.1 Å². The lowest BCUT2D eigenvalue weighted by Crippen LogP contribution is -2.12. The monoisotopic (exact) mass is 482 g/mol. The second-order valence-corrected chi connectivity index (χ2v) is 8.31. The van der Waals surface area contributed by atoms with E-state index in [1.807, 2.05) is 66.7 Å². The van der Waals surface area contributed by atoms with Crippen LogP contribution in [0.2, 0.25) is 0 Å². The number of para-hydroxylation sites is 3. The smallest absolute Gasteiger partial charge is 0.335 e. The predicted octanol–water partition coefficient (Wildman–Crippen LogP) is 8.72. The summed E-state index contributed by atoms with van der Waals surface area (Å²) in [6.07, 6.45) is 1.15. The molecule has 5 rings (SSSR count). The van der Waals surface area contributed by atoms with Gasteiger partial charge in [-0.15, -0.1) is 0 Å². The molecule has 0 spiro atoms. The molecule has 0 saturated carbocycles. The van der Waals surface area contributed by atoms with E-state index in [1.54, 1.807) is 12.1 Å². The third-order valence-corrected chi connectivity index (χ3v) is 5.89. The summed E-state index contributed by atoms with van der Waals surface area (Å²) in [5, 5.41) is 0. The second kappa shape index (κ2) is 11.1. The fraction of sp³-hybridized carbons (Fsp3) is 0. The molecule has 4 heteroatoms. The van der Waals surface area contributed by atoms with Gasteiger partial charge in [0, 0.05) is 40.2 Å². The third-order valence-electron chi connectivity index (χ3n) is 5.89. The molecule has 0 heterocycles. The number of hydrogen-bond acceptors (Lipinski definition) is 4. The summed E-state index contributed by atoms with van der Waals surface area (Å²) in [6.45, 7) is 3.45. The van der Waals surface area contributed by atoms with Gasteiger partial charge in [-0.25, -0.2) is 4.79 Å². The van der Waals surface area contributed by atoms with Crippen LogP contribution >= 0.6 is 0 Å². The first-order valence-electron chi connectivity index (χ1n) is 12.0. The van der Waals surface area contributed by atoms with Crippen molar-refractivity contribution in [1.82, 2.24) is 0 Å². The minimum Gasteiger partial charge on any atom is -0.423 e. The van der Waals surface area contributed by atoms with Gasteiger partial charge in [0.05, 0.1) is 0 Å². The molecule has 5 aromatic rings. The van der Waals surface area contributed by atoms with Crippen LogP contribution in [0.5, 0.6) is 5.75 Å². The largest absolute Gasteiger partial charge is 0.423 e. The lowest BCUT2D eigenvalue weighted by Gasteiger charge is -2.28. The van der Waals surface area contributed by atoms with Gasteiger partial charge in [0.15, 0.2) is 0 Å². The molecular weight excluding hydrogens is 456 g/mol. The molecule has 37 heavy (non-hydrogen) atoms. The van der Waals surface area contributed by atoms with E-state index in [2.05, 4.69) is 77.0 Å². The summed E-state index contributed by atoms with van der Waals surface area (Å²) in [4.78, 5) is 16.0. The number of rotatable bonds is 8. The van der Waals surface area contributed by atoms with Gasteiger partial charge in [0.2, 0.25) is 0 Å². The molecule has 0 unspecified atom stereocenters. The molecule has 0 atom stereocenters. The van der Waals surface area contributed by atoms with Crippen molar-refractivity contribution in [2.75, 3.05) is 9.80 Å². The van der Waals surface area contributed by atoms with E-state index in [4.69, 9.17) is 4.74 Å². The van der Waals surface area contributed by atoms with Gasteiger partial charge in [-0.1, -0.05) is 61.2 Å². The second-order valence-electron chi connectivity index (χ2n) is 8.31. The Morgan fingerprint density at radius 2 is 0.784 bits per heavy atom.